The first kappa shape index (κ1) is 16.0. The number of hydrogen-bond donors (Lipinski definition) is 0. The fourth-order valence-electron chi connectivity index (χ4n) is 1.83. The minimum Gasteiger partial charge on any atom is -0.489 e. The van der Waals surface area contributed by atoms with Crippen molar-refractivity contribution in [1.29, 1.82) is 0 Å². The van der Waals surface area contributed by atoms with E-state index in [1.54, 1.807) is 18.2 Å². The van der Waals surface area contributed by atoms with Gasteiger partial charge in [0, 0.05) is 21.2 Å². The summed E-state index contributed by atoms with van der Waals surface area (Å²) in [7, 11) is 0. The molecule has 2 aromatic rings. The van der Waals surface area contributed by atoms with Crippen LogP contribution in [0.5, 0.6) is 5.75 Å². The van der Waals surface area contributed by atoms with Crippen molar-refractivity contribution >= 4 is 34.8 Å². The lowest BCUT2D eigenvalue weighted by Gasteiger charge is -2.11. The van der Waals surface area contributed by atoms with E-state index in [4.69, 9.17) is 39.5 Å². The molecule has 0 spiro atoms. The summed E-state index contributed by atoms with van der Waals surface area (Å²) in [5.74, 6) is 6.92. The summed E-state index contributed by atoms with van der Waals surface area (Å²) < 4.78 is 5.80. The van der Waals surface area contributed by atoms with E-state index in [2.05, 4.69) is 11.8 Å². The molecule has 0 saturated carbocycles. The van der Waals surface area contributed by atoms with Gasteiger partial charge >= 0.3 is 0 Å². The Labute approximate surface area is 139 Å². The summed E-state index contributed by atoms with van der Waals surface area (Å²) in [4.78, 5) is 0. The van der Waals surface area contributed by atoms with E-state index >= 15 is 0 Å². The molecule has 0 atom stereocenters. The number of halogens is 3. The van der Waals surface area contributed by atoms with Crippen LogP contribution in [0.1, 0.15) is 16.7 Å². The zero-order valence-electron chi connectivity index (χ0n) is 11.4. The Morgan fingerprint density at radius 1 is 1.10 bits per heavy atom. The highest BCUT2D eigenvalue weighted by atomic mass is 35.5. The lowest BCUT2D eigenvalue weighted by atomic mass is 10.1. The molecule has 0 N–H and O–H groups in total. The molecule has 0 aliphatic heterocycles. The van der Waals surface area contributed by atoms with Gasteiger partial charge in [-0.2, -0.15) is 0 Å². The quantitative estimate of drug-likeness (QED) is 0.532. The third-order valence-electron chi connectivity index (χ3n) is 2.87. The predicted molar refractivity (Wildman–Crippen MR) is 89.6 cm³/mol. The Hall–Kier alpha value is -1.33. The Morgan fingerprint density at radius 2 is 1.90 bits per heavy atom. The molecule has 0 aliphatic carbocycles. The van der Waals surface area contributed by atoms with Crippen LogP contribution in [0.25, 0.3) is 0 Å². The summed E-state index contributed by atoms with van der Waals surface area (Å²) in [6.07, 6.45) is 0. The van der Waals surface area contributed by atoms with E-state index < -0.39 is 0 Å². The third kappa shape index (κ3) is 4.58. The number of hydrogen-bond acceptors (Lipinski definition) is 1. The van der Waals surface area contributed by atoms with Crippen molar-refractivity contribution < 1.29 is 4.74 Å². The van der Waals surface area contributed by atoms with E-state index in [0.717, 1.165) is 22.4 Å². The highest BCUT2D eigenvalue weighted by Crippen LogP contribution is 2.24. The van der Waals surface area contributed by atoms with Crippen LogP contribution in [0.15, 0.2) is 36.4 Å². The number of aryl methyl sites for hydroxylation is 1. The topological polar surface area (TPSA) is 9.23 Å². The van der Waals surface area contributed by atoms with Crippen molar-refractivity contribution in [2.75, 3.05) is 5.88 Å². The Morgan fingerprint density at radius 3 is 2.62 bits per heavy atom. The summed E-state index contributed by atoms with van der Waals surface area (Å²) in [6, 6.07) is 11.1. The molecule has 0 amide bonds. The highest BCUT2D eigenvalue weighted by Gasteiger charge is 2.05. The van der Waals surface area contributed by atoms with Crippen LogP contribution in [0.2, 0.25) is 10.0 Å². The first-order valence-electron chi connectivity index (χ1n) is 6.32. The molecule has 108 valence electrons. The minimum atomic E-state index is 0.324. The van der Waals surface area contributed by atoms with E-state index in [1.807, 2.05) is 25.1 Å². The average molecular weight is 340 g/mol. The lowest BCUT2D eigenvalue weighted by molar-refractivity contribution is 0.304. The van der Waals surface area contributed by atoms with Gasteiger partial charge in [-0.25, -0.2) is 0 Å². The van der Waals surface area contributed by atoms with Crippen LogP contribution in [0, 0.1) is 18.8 Å². The zero-order valence-corrected chi connectivity index (χ0v) is 13.7. The zero-order chi connectivity index (χ0) is 15.2. The molecule has 0 heterocycles. The van der Waals surface area contributed by atoms with Gasteiger partial charge in [0.2, 0.25) is 0 Å². The van der Waals surface area contributed by atoms with Gasteiger partial charge in [0.25, 0.3) is 0 Å². The molecule has 2 rings (SSSR count). The van der Waals surface area contributed by atoms with Crippen molar-refractivity contribution in [3.63, 3.8) is 0 Å². The number of alkyl halides is 1. The van der Waals surface area contributed by atoms with Crippen molar-refractivity contribution in [3.8, 4) is 17.6 Å². The molecular weight excluding hydrogens is 327 g/mol. The maximum atomic E-state index is 6.12. The summed E-state index contributed by atoms with van der Waals surface area (Å²) in [5, 5.41) is 1.28. The second-order valence-electron chi connectivity index (χ2n) is 4.44. The molecule has 0 fully saturated rings. The lowest BCUT2D eigenvalue weighted by Crippen LogP contribution is -1.98. The monoisotopic (exact) mass is 338 g/mol. The molecule has 21 heavy (non-hydrogen) atoms. The van der Waals surface area contributed by atoms with Crippen LogP contribution >= 0.6 is 34.8 Å². The molecule has 2 aromatic carbocycles. The van der Waals surface area contributed by atoms with Gasteiger partial charge in [-0.05, 0) is 48.9 Å². The average Bonchev–Trinajstić information content (AvgIpc) is 2.47. The summed E-state index contributed by atoms with van der Waals surface area (Å²) in [6.45, 7) is 2.34. The van der Waals surface area contributed by atoms with E-state index in [9.17, 15) is 0 Å². The molecule has 0 bridgehead atoms. The molecule has 1 nitrogen and oxygen atoms in total. The first-order valence-corrected chi connectivity index (χ1v) is 7.61. The highest BCUT2D eigenvalue weighted by molar-refractivity contribution is 6.33. The SMILES string of the molecule is Cc1cc(C#CCCl)ccc1OCc1cc(Cl)ccc1Cl. The number of rotatable bonds is 3. The maximum absolute atomic E-state index is 6.12. The molecular formula is C17H13Cl3O. The second kappa shape index (κ2) is 7.61. The minimum absolute atomic E-state index is 0.324. The molecule has 0 saturated heterocycles. The molecule has 4 heteroatoms. The smallest absolute Gasteiger partial charge is 0.122 e. The van der Waals surface area contributed by atoms with Gasteiger partial charge in [0.1, 0.15) is 12.4 Å². The summed E-state index contributed by atoms with van der Waals surface area (Å²) >= 11 is 17.6. The van der Waals surface area contributed by atoms with E-state index in [1.165, 1.54) is 0 Å². The van der Waals surface area contributed by atoms with Gasteiger partial charge in [0.05, 0.1) is 5.88 Å². The number of ether oxygens (including phenoxy) is 1. The predicted octanol–water partition coefficient (Wildman–Crippen LogP) is 5.47. The molecule has 0 radical (unpaired) electrons. The standard InChI is InChI=1S/C17H13Cl3O/c1-12-9-13(3-2-8-18)4-7-17(12)21-11-14-10-15(19)5-6-16(14)20/h4-7,9-10H,8,11H2,1H3. The fourth-order valence-corrected chi connectivity index (χ4v) is 2.27. The maximum Gasteiger partial charge on any atom is 0.122 e. The normalized spacial score (nSPS) is 9.90. The van der Waals surface area contributed by atoms with Crippen molar-refractivity contribution in [2.24, 2.45) is 0 Å². The molecule has 0 aromatic heterocycles. The third-order valence-corrected chi connectivity index (χ3v) is 3.60. The van der Waals surface area contributed by atoms with Crippen molar-refractivity contribution in [3.05, 3.63) is 63.1 Å². The van der Waals surface area contributed by atoms with E-state index in [0.29, 0.717) is 22.5 Å². The fraction of sp³-hybridized carbons (Fsp3) is 0.176. The van der Waals surface area contributed by atoms with Crippen LogP contribution in [0.4, 0.5) is 0 Å². The first-order chi connectivity index (χ1) is 10.1. The molecule has 0 unspecified atom stereocenters. The number of benzene rings is 2. The van der Waals surface area contributed by atoms with Gasteiger partial charge in [-0.3, -0.25) is 0 Å². The van der Waals surface area contributed by atoms with Crippen LogP contribution in [0.3, 0.4) is 0 Å². The van der Waals surface area contributed by atoms with Gasteiger partial charge in [-0.1, -0.05) is 35.0 Å². The van der Waals surface area contributed by atoms with E-state index in [-0.39, 0.29) is 0 Å². The van der Waals surface area contributed by atoms with Crippen LogP contribution < -0.4 is 4.74 Å². The van der Waals surface area contributed by atoms with Crippen molar-refractivity contribution in [2.45, 2.75) is 13.5 Å². The van der Waals surface area contributed by atoms with Gasteiger partial charge < -0.3 is 4.74 Å². The van der Waals surface area contributed by atoms with Crippen LogP contribution in [-0.2, 0) is 6.61 Å². The Bertz CT molecular complexity index is 699. The second-order valence-corrected chi connectivity index (χ2v) is 5.55. The largest absolute Gasteiger partial charge is 0.489 e. The molecule has 0 aliphatic rings. The van der Waals surface area contributed by atoms with Crippen molar-refractivity contribution in [1.82, 2.24) is 0 Å². The van der Waals surface area contributed by atoms with Gasteiger partial charge in [-0.15, -0.1) is 11.6 Å². The summed E-state index contributed by atoms with van der Waals surface area (Å²) in [5.41, 5.74) is 2.78. The van der Waals surface area contributed by atoms with Gasteiger partial charge in [0.15, 0.2) is 0 Å². The van der Waals surface area contributed by atoms with Crippen LogP contribution in [-0.4, -0.2) is 5.88 Å². The Kier molecular flexibility index (Phi) is 5.82. The Balaban J connectivity index is 2.11.